The van der Waals surface area contributed by atoms with Gasteiger partial charge in [0, 0.05) is 13.1 Å². The van der Waals surface area contributed by atoms with E-state index >= 15 is 0 Å². The van der Waals surface area contributed by atoms with Gasteiger partial charge in [0.2, 0.25) is 5.91 Å². The molecular weight excluding hydrogens is 202 g/mol. The summed E-state index contributed by atoms with van der Waals surface area (Å²) in [6, 6.07) is 0. The predicted molar refractivity (Wildman–Crippen MR) is 65.3 cm³/mol. The molecule has 94 valence electrons. The van der Waals surface area contributed by atoms with Gasteiger partial charge in [0.15, 0.2) is 0 Å². The summed E-state index contributed by atoms with van der Waals surface area (Å²) in [4.78, 5) is 14.5. The molecule has 0 aromatic rings. The van der Waals surface area contributed by atoms with Gasteiger partial charge in [-0.1, -0.05) is 27.2 Å². The number of ether oxygens (including phenoxy) is 1. The van der Waals surface area contributed by atoms with Crippen LogP contribution in [-0.4, -0.2) is 37.1 Å². The summed E-state index contributed by atoms with van der Waals surface area (Å²) in [6.07, 6.45) is 4.18. The Morgan fingerprint density at radius 3 is 2.25 bits per heavy atom. The molecule has 0 saturated carbocycles. The number of amides is 1. The van der Waals surface area contributed by atoms with Gasteiger partial charge in [-0.2, -0.15) is 0 Å². The second-order valence-electron chi connectivity index (χ2n) is 4.77. The fourth-order valence-corrected chi connectivity index (χ4v) is 2.10. The van der Waals surface area contributed by atoms with Crippen molar-refractivity contribution in [2.75, 3.05) is 26.3 Å². The van der Waals surface area contributed by atoms with Gasteiger partial charge in [0.05, 0.1) is 18.6 Å². The molecule has 1 aliphatic heterocycles. The Morgan fingerprint density at radius 1 is 1.19 bits per heavy atom. The normalized spacial score (nSPS) is 17.9. The number of nitrogens with zero attached hydrogens (tertiary/aromatic N) is 1. The monoisotopic (exact) mass is 227 g/mol. The first-order chi connectivity index (χ1) is 7.70. The molecule has 1 heterocycles. The lowest BCUT2D eigenvalue weighted by molar-refractivity contribution is -0.173. The quantitative estimate of drug-likeness (QED) is 0.668. The number of hydrogen-bond acceptors (Lipinski definition) is 2. The smallest absolute Gasteiger partial charge is 0.233 e. The molecule has 0 radical (unpaired) electrons. The molecule has 0 spiro atoms. The lowest BCUT2D eigenvalue weighted by Crippen LogP contribution is -2.55. The lowest BCUT2D eigenvalue weighted by atomic mass is 9.81. The van der Waals surface area contributed by atoms with E-state index in [9.17, 15) is 4.79 Å². The Labute approximate surface area is 99.1 Å². The molecule has 1 rings (SSSR count). The summed E-state index contributed by atoms with van der Waals surface area (Å²) in [5.74, 6) is 0.316. The van der Waals surface area contributed by atoms with Crippen LogP contribution >= 0.6 is 0 Å². The van der Waals surface area contributed by atoms with E-state index in [0.29, 0.717) is 19.1 Å². The zero-order valence-electron chi connectivity index (χ0n) is 10.9. The summed E-state index contributed by atoms with van der Waals surface area (Å²) in [5, 5.41) is 0. The number of carbonyl (C=O) groups is 1. The molecule has 3 heteroatoms. The summed E-state index contributed by atoms with van der Waals surface area (Å²) >= 11 is 0. The number of unbranched alkanes of at least 4 members (excludes halogenated alkanes) is 1. The highest BCUT2D eigenvalue weighted by atomic mass is 16.5. The first-order valence-electron chi connectivity index (χ1n) is 6.57. The van der Waals surface area contributed by atoms with E-state index < -0.39 is 0 Å². The van der Waals surface area contributed by atoms with Crippen LogP contribution in [0.2, 0.25) is 0 Å². The van der Waals surface area contributed by atoms with Crippen LogP contribution < -0.4 is 0 Å². The van der Waals surface area contributed by atoms with Gasteiger partial charge in [-0.25, -0.2) is 0 Å². The van der Waals surface area contributed by atoms with Crippen molar-refractivity contribution in [3.63, 3.8) is 0 Å². The maximum Gasteiger partial charge on any atom is 0.233 e. The van der Waals surface area contributed by atoms with Crippen LogP contribution in [-0.2, 0) is 9.53 Å². The first kappa shape index (κ1) is 13.5. The molecule has 0 atom stereocenters. The zero-order valence-corrected chi connectivity index (χ0v) is 10.9. The van der Waals surface area contributed by atoms with Crippen molar-refractivity contribution in [3.05, 3.63) is 0 Å². The number of rotatable bonds is 7. The molecule has 1 amide bonds. The van der Waals surface area contributed by atoms with Crippen molar-refractivity contribution in [1.82, 2.24) is 4.90 Å². The highest BCUT2D eigenvalue weighted by molar-refractivity contribution is 5.83. The Morgan fingerprint density at radius 2 is 1.88 bits per heavy atom. The molecular formula is C13H25NO2. The SMILES string of the molecule is CCCCN(CCC)C(=O)C1(CC)COC1. The average Bonchev–Trinajstić information content (AvgIpc) is 2.23. The lowest BCUT2D eigenvalue weighted by Gasteiger charge is -2.42. The third-order valence-electron chi connectivity index (χ3n) is 3.45. The predicted octanol–water partition coefficient (Wildman–Crippen LogP) is 2.45. The van der Waals surface area contributed by atoms with Gasteiger partial charge in [0.25, 0.3) is 0 Å². The fraction of sp³-hybridized carbons (Fsp3) is 0.923. The summed E-state index contributed by atoms with van der Waals surface area (Å²) < 4.78 is 5.24. The highest BCUT2D eigenvalue weighted by Gasteiger charge is 2.46. The van der Waals surface area contributed by atoms with Crippen LogP contribution in [0, 0.1) is 5.41 Å². The molecule has 1 fully saturated rings. The van der Waals surface area contributed by atoms with E-state index in [0.717, 1.165) is 38.8 Å². The van der Waals surface area contributed by atoms with Gasteiger partial charge < -0.3 is 9.64 Å². The van der Waals surface area contributed by atoms with E-state index in [-0.39, 0.29) is 5.41 Å². The molecule has 0 aromatic carbocycles. The minimum Gasteiger partial charge on any atom is -0.379 e. The van der Waals surface area contributed by atoms with Crippen molar-refractivity contribution < 1.29 is 9.53 Å². The zero-order chi connectivity index (χ0) is 12.0. The van der Waals surface area contributed by atoms with E-state index in [1.165, 1.54) is 0 Å². The van der Waals surface area contributed by atoms with Crippen LogP contribution in [0.25, 0.3) is 0 Å². The van der Waals surface area contributed by atoms with Gasteiger partial charge in [-0.15, -0.1) is 0 Å². The Hall–Kier alpha value is -0.570. The summed E-state index contributed by atoms with van der Waals surface area (Å²) in [7, 11) is 0. The molecule has 16 heavy (non-hydrogen) atoms. The fourth-order valence-electron chi connectivity index (χ4n) is 2.10. The van der Waals surface area contributed by atoms with E-state index in [1.54, 1.807) is 0 Å². The third-order valence-corrected chi connectivity index (χ3v) is 3.45. The minimum absolute atomic E-state index is 0.192. The van der Waals surface area contributed by atoms with Gasteiger partial charge in [-0.3, -0.25) is 4.79 Å². The van der Waals surface area contributed by atoms with Crippen LogP contribution in [0.5, 0.6) is 0 Å². The van der Waals surface area contributed by atoms with E-state index in [4.69, 9.17) is 4.74 Å². The molecule has 3 nitrogen and oxygen atoms in total. The molecule has 0 bridgehead atoms. The van der Waals surface area contributed by atoms with E-state index in [2.05, 4.69) is 20.8 Å². The first-order valence-corrected chi connectivity index (χ1v) is 6.57. The molecule has 0 aromatic heterocycles. The van der Waals surface area contributed by atoms with Crippen molar-refractivity contribution in [2.24, 2.45) is 5.41 Å². The maximum atomic E-state index is 12.4. The highest BCUT2D eigenvalue weighted by Crippen LogP contribution is 2.33. The van der Waals surface area contributed by atoms with Crippen LogP contribution in [0.4, 0.5) is 0 Å². The number of carbonyl (C=O) groups excluding carboxylic acids is 1. The van der Waals surface area contributed by atoms with Gasteiger partial charge in [-0.05, 0) is 19.3 Å². The second kappa shape index (κ2) is 6.24. The van der Waals surface area contributed by atoms with Crippen molar-refractivity contribution >= 4 is 5.91 Å². The Balaban J connectivity index is 2.58. The topological polar surface area (TPSA) is 29.5 Å². The standard InChI is InChI=1S/C13H25NO2/c1-4-7-9-14(8-5-2)12(15)13(6-3)10-16-11-13/h4-11H2,1-3H3. The van der Waals surface area contributed by atoms with Crippen molar-refractivity contribution in [3.8, 4) is 0 Å². The Kier molecular flexibility index (Phi) is 5.26. The van der Waals surface area contributed by atoms with Crippen LogP contribution in [0.1, 0.15) is 46.5 Å². The average molecular weight is 227 g/mol. The summed E-state index contributed by atoms with van der Waals surface area (Å²) in [5.41, 5.74) is -0.192. The molecule has 0 N–H and O–H groups in total. The van der Waals surface area contributed by atoms with Crippen LogP contribution in [0.3, 0.4) is 0 Å². The van der Waals surface area contributed by atoms with E-state index in [1.807, 2.05) is 4.90 Å². The Bertz CT molecular complexity index is 218. The van der Waals surface area contributed by atoms with Crippen LogP contribution in [0.15, 0.2) is 0 Å². The second-order valence-corrected chi connectivity index (χ2v) is 4.77. The van der Waals surface area contributed by atoms with Crippen molar-refractivity contribution in [1.29, 1.82) is 0 Å². The molecule has 1 saturated heterocycles. The molecule has 1 aliphatic rings. The largest absolute Gasteiger partial charge is 0.379 e. The third kappa shape index (κ3) is 2.76. The van der Waals surface area contributed by atoms with Crippen molar-refractivity contribution in [2.45, 2.75) is 46.5 Å². The maximum absolute atomic E-state index is 12.4. The van der Waals surface area contributed by atoms with Gasteiger partial charge >= 0.3 is 0 Å². The molecule has 0 unspecified atom stereocenters. The minimum atomic E-state index is -0.192. The summed E-state index contributed by atoms with van der Waals surface area (Å²) in [6.45, 7) is 9.41. The van der Waals surface area contributed by atoms with Gasteiger partial charge in [0.1, 0.15) is 0 Å². The molecule has 0 aliphatic carbocycles. The number of hydrogen-bond donors (Lipinski definition) is 0.